The number of nitrogens with one attached hydrogen (secondary N) is 1. The second-order valence-electron chi connectivity index (χ2n) is 5.99. The Hall–Kier alpha value is -1.08. The molecule has 1 saturated heterocycles. The minimum absolute atomic E-state index is 0.0371. The van der Waals surface area contributed by atoms with Gasteiger partial charge in [-0.3, -0.25) is 10.2 Å². The molecular weight excluding hydrogens is 202 g/mol. The molecule has 2 aliphatic carbocycles. The van der Waals surface area contributed by atoms with Crippen molar-refractivity contribution < 1.29 is 4.79 Å². The van der Waals surface area contributed by atoms with Gasteiger partial charge in [0.15, 0.2) is 0 Å². The first-order valence-corrected chi connectivity index (χ1v) is 5.93. The molecule has 3 fully saturated rings. The maximum absolute atomic E-state index is 10.6. The van der Waals surface area contributed by atoms with Crippen LogP contribution < -0.4 is 5.43 Å². The van der Waals surface area contributed by atoms with Crippen molar-refractivity contribution >= 4 is 6.41 Å². The van der Waals surface area contributed by atoms with Crippen molar-refractivity contribution in [2.75, 3.05) is 6.54 Å². The van der Waals surface area contributed by atoms with E-state index in [9.17, 15) is 10.1 Å². The average molecular weight is 219 g/mol. The number of rotatable bonds is 2. The van der Waals surface area contributed by atoms with Crippen LogP contribution in [0.4, 0.5) is 0 Å². The largest absolute Gasteiger partial charge is 0.290 e. The van der Waals surface area contributed by atoms with Gasteiger partial charge in [0.25, 0.3) is 0 Å². The van der Waals surface area contributed by atoms with Gasteiger partial charge in [-0.1, -0.05) is 13.8 Å². The molecule has 1 heterocycles. The van der Waals surface area contributed by atoms with Gasteiger partial charge in [-0.25, -0.2) is 5.01 Å². The topological polar surface area (TPSA) is 56.1 Å². The fourth-order valence-electron chi connectivity index (χ4n) is 4.73. The van der Waals surface area contributed by atoms with E-state index in [2.05, 4.69) is 25.3 Å². The maximum atomic E-state index is 10.6. The van der Waals surface area contributed by atoms with Gasteiger partial charge in [-0.05, 0) is 30.6 Å². The van der Waals surface area contributed by atoms with Crippen LogP contribution >= 0.6 is 0 Å². The van der Waals surface area contributed by atoms with Crippen molar-refractivity contribution in [2.24, 2.45) is 16.7 Å². The lowest BCUT2D eigenvalue weighted by atomic mass is 9.66. The van der Waals surface area contributed by atoms with Gasteiger partial charge in [0.2, 0.25) is 6.41 Å². The summed E-state index contributed by atoms with van der Waals surface area (Å²) >= 11 is 0. The molecule has 0 spiro atoms. The summed E-state index contributed by atoms with van der Waals surface area (Å²) in [4.78, 5) is 10.6. The molecule has 0 aromatic rings. The molecule has 3 rings (SSSR count). The second-order valence-corrected chi connectivity index (χ2v) is 5.99. The first-order chi connectivity index (χ1) is 7.54. The second kappa shape index (κ2) is 2.60. The van der Waals surface area contributed by atoms with Gasteiger partial charge in [0.05, 0.1) is 6.07 Å². The number of hydrazine groups is 1. The number of carbonyl (C=O) groups excluding carboxylic acids is 1. The lowest BCUT2D eigenvalue weighted by molar-refractivity contribution is -0.116. The van der Waals surface area contributed by atoms with Gasteiger partial charge in [0.1, 0.15) is 5.54 Å². The van der Waals surface area contributed by atoms with Crippen molar-refractivity contribution in [1.82, 2.24) is 10.4 Å². The summed E-state index contributed by atoms with van der Waals surface area (Å²) in [6.07, 6.45) is 3.96. The van der Waals surface area contributed by atoms with Crippen LogP contribution in [-0.4, -0.2) is 23.5 Å². The average Bonchev–Trinajstić information content (AvgIpc) is 2.69. The third kappa shape index (κ3) is 0.708. The van der Waals surface area contributed by atoms with Crippen molar-refractivity contribution in [3.05, 3.63) is 0 Å². The van der Waals surface area contributed by atoms with Crippen LogP contribution in [0.2, 0.25) is 0 Å². The summed E-state index contributed by atoms with van der Waals surface area (Å²) < 4.78 is 0. The molecule has 4 heteroatoms. The number of piperidine rings is 1. The predicted octanol–water partition coefficient (Wildman–Crippen LogP) is 1.05. The van der Waals surface area contributed by atoms with Crippen molar-refractivity contribution in [3.8, 4) is 6.07 Å². The molecule has 2 saturated carbocycles. The lowest BCUT2D eigenvalue weighted by Gasteiger charge is -2.42. The van der Waals surface area contributed by atoms with Crippen molar-refractivity contribution in [3.63, 3.8) is 0 Å². The highest BCUT2D eigenvalue weighted by Gasteiger charge is 2.78. The van der Waals surface area contributed by atoms with Crippen molar-refractivity contribution in [2.45, 2.75) is 38.6 Å². The number of amides is 1. The Balaban J connectivity index is 2.12. The molecule has 4 nitrogen and oxygen atoms in total. The number of nitrogens with zero attached hydrogens (tertiary/aromatic N) is 2. The quantitative estimate of drug-likeness (QED) is 0.706. The van der Waals surface area contributed by atoms with Crippen LogP contribution in [0.15, 0.2) is 0 Å². The summed E-state index contributed by atoms with van der Waals surface area (Å²) in [7, 11) is 0. The molecule has 1 N–H and O–H groups in total. The van der Waals surface area contributed by atoms with Crippen molar-refractivity contribution in [1.29, 1.82) is 5.26 Å². The summed E-state index contributed by atoms with van der Waals surface area (Å²) in [5.41, 5.74) is 2.50. The van der Waals surface area contributed by atoms with Gasteiger partial charge < -0.3 is 0 Å². The summed E-state index contributed by atoms with van der Waals surface area (Å²) in [6.45, 7) is 5.34. The van der Waals surface area contributed by atoms with E-state index in [0.29, 0.717) is 12.3 Å². The van der Waals surface area contributed by atoms with Gasteiger partial charge in [0, 0.05) is 12.0 Å². The van der Waals surface area contributed by atoms with E-state index < -0.39 is 5.54 Å². The SMILES string of the molecule is C[C@]12CC[C@H]3C[C@@]1(C#N)N(NC=O)C[C@]32C. The molecule has 4 bridgehead atoms. The summed E-state index contributed by atoms with van der Waals surface area (Å²) in [5, 5.41) is 11.5. The molecule has 1 aliphatic heterocycles. The van der Waals surface area contributed by atoms with E-state index in [1.54, 1.807) is 0 Å². The molecular formula is C12H17N3O. The fourth-order valence-corrected chi connectivity index (χ4v) is 4.73. The maximum Gasteiger partial charge on any atom is 0.221 e. The lowest BCUT2D eigenvalue weighted by Crippen LogP contribution is -2.57. The molecule has 0 radical (unpaired) electrons. The van der Waals surface area contributed by atoms with Crippen LogP contribution in [0.3, 0.4) is 0 Å². The zero-order chi connectivity index (χ0) is 11.6. The Morgan fingerprint density at radius 3 is 2.88 bits per heavy atom. The van der Waals surface area contributed by atoms with Crippen LogP contribution in [0.25, 0.3) is 0 Å². The van der Waals surface area contributed by atoms with Crippen LogP contribution in [0.1, 0.15) is 33.1 Å². The summed E-state index contributed by atoms with van der Waals surface area (Å²) in [6, 6.07) is 2.51. The van der Waals surface area contributed by atoms with Crippen LogP contribution in [0.5, 0.6) is 0 Å². The molecule has 16 heavy (non-hydrogen) atoms. The van der Waals surface area contributed by atoms with Crippen LogP contribution in [-0.2, 0) is 4.79 Å². The van der Waals surface area contributed by atoms with E-state index in [1.165, 1.54) is 6.42 Å². The minimum Gasteiger partial charge on any atom is -0.290 e. The molecule has 3 aliphatic rings. The Morgan fingerprint density at radius 2 is 2.31 bits per heavy atom. The third-order valence-electron chi connectivity index (χ3n) is 5.95. The van der Waals surface area contributed by atoms with E-state index in [-0.39, 0.29) is 10.8 Å². The first-order valence-electron chi connectivity index (χ1n) is 5.93. The highest BCUT2D eigenvalue weighted by Crippen LogP contribution is 2.75. The highest BCUT2D eigenvalue weighted by molar-refractivity contribution is 5.47. The first kappa shape index (κ1) is 10.1. The Kier molecular flexibility index (Phi) is 1.64. The zero-order valence-corrected chi connectivity index (χ0v) is 9.79. The molecule has 4 atom stereocenters. The number of nitriles is 1. The molecule has 0 unspecified atom stereocenters. The Morgan fingerprint density at radius 1 is 1.56 bits per heavy atom. The minimum atomic E-state index is -0.467. The van der Waals surface area contributed by atoms with Gasteiger partial charge in [-0.15, -0.1) is 0 Å². The molecule has 0 aromatic carbocycles. The number of carbonyl (C=O) groups is 1. The fraction of sp³-hybridized carbons (Fsp3) is 0.833. The van der Waals surface area contributed by atoms with E-state index >= 15 is 0 Å². The standard InChI is InChI=1S/C12H17N3O/c1-10-7-15(14-8-16)12(6-13)5-9(10)3-4-11(10,12)2/h8-9H,3-5,7H2,1-2H3,(H,14,16)/t9-,10+,11+,12-/m0/s1. The Bertz CT molecular complexity index is 404. The molecule has 0 aromatic heterocycles. The van der Waals surface area contributed by atoms with Gasteiger partial charge >= 0.3 is 0 Å². The molecule has 86 valence electrons. The van der Waals surface area contributed by atoms with Crippen LogP contribution in [0, 0.1) is 28.1 Å². The van der Waals surface area contributed by atoms with E-state index in [0.717, 1.165) is 19.4 Å². The van der Waals surface area contributed by atoms with E-state index in [4.69, 9.17) is 0 Å². The molecule has 1 amide bonds. The highest BCUT2D eigenvalue weighted by atomic mass is 16.1. The predicted molar refractivity (Wildman–Crippen MR) is 57.8 cm³/mol. The number of hydrogen-bond acceptors (Lipinski definition) is 3. The number of hydrogen-bond donors (Lipinski definition) is 1. The monoisotopic (exact) mass is 219 g/mol. The zero-order valence-electron chi connectivity index (χ0n) is 9.79. The smallest absolute Gasteiger partial charge is 0.221 e. The normalized spacial score (nSPS) is 53.9. The Labute approximate surface area is 95.6 Å². The van der Waals surface area contributed by atoms with E-state index in [1.807, 2.05) is 5.01 Å². The third-order valence-corrected chi connectivity index (χ3v) is 5.95. The van der Waals surface area contributed by atoms with Gasteiger partial charge in [-0.2, -0.15) is 5.26 Å². The summed E-state index contributed by atoms with van der Waals surface area (Å²) in [5.74, 6) is 0.654.